The number of methoxy groups -OCH3 is 1. The van der Waals surface area contributed by atoms with Crippen molar-refractivity contribution in [1.29, 1.82) is 0 Å². The van der Waals surface area contributed by atoms with E-state index in [1.165, 1.54) is 0 Å². The molecule has 0 aliphatic carbocycles. The highest BCUT2D eigenvalue weighted by Crippen LogP contribution is 2.38. The fourth-order valence-corrected chi connectivity index (χ4v) is 3.88. The molecule has 24 heavy (non-hydrogen) atoms. The molecule has 0 saturated carbocycles. The Kier molecular flexibility index (Phi) is 5.53. The van der Waals surface area contributed by atoms with Gasteiger partial charge < -0.3 is 14.4 Å². The Morgan fingerprint density at radius 3 is 2.46 bits per heavy atom. The van der Waals surface area contributed by atoms with Crippen molar-refractivity contribution < 1.29 is 14.3 Å². The van der Waals surface area contributed by atoms with Gasteiger partial charge in [-0.05, 0) is 42.0 Å². The summed E-state index contributed by atoms with van der Waals surface area (Å²) in [4.78, 5) is 14.0. The predicted molar refractivity (Wildman–Crippen MR) is 96.9 cm³/mol. The fraction of sp³-hybridized carbons (Fsp3) is 0.278. The van der Waals surface area contributed by atoms with Crippen LogP contribution in [-0.4, -0.2) is 36.8 Å². The van der Waals surface area contributed by atoms with Crippen LogP contribution in [0.1, 0.15) is 10.9 Å². The number of amides is 1. The molecule has 1 aliphatic rings. The Hall–Kier alpha value is -1.85. The monoisotopic (exact) mass is 363 g/mol. The van der Waals surface area contributed by atoms with E-state index in [0.717, 1.165) is 17.1 Å². The van der Waals surface area contributed by atoms with E-state index in [9.17, 15) is 4.79 Å². The van der Waals surface area contributed by atoms with Gasteiger partial charge in [0.25, 0.3) is 0 Å². The van der Waals surface area contributed by atoms with E-state index in [1.807, 2.05) is 41.3 Å². The van der Waals surface area contributed by atoms with Gasteiger partial charge in [0.15, 0.2) is 0 Å². The number of thioether (sulfide) groups is 1. The molecule has 3 rings (SSSR count). The van der Waals surface area contributed by atoms with Crippen molar-refractivity contribution >= 4 is 29.3 Å². The lowest BCUT2D eigenvalue weighted by molar-refractivity contribution is -0.128. The van der Waals surface area contributed by atoms with E-state index in [4.69, 9.17) is 21.1 Å². The number of carbonyl (C=O) groups is 1. The first-order valence-electron chi connectivity index (χ1n) is 7.61. The summed E-state index contributed by atoms with van der Waals surface area (Å²) in [5.41, 5.74) is 1.10. The van der Waals surface area contributed by atoms with Crippen LogP contribution in [0.2, 0.25) is 5.02 Å². The molecular formula is C18H18ClNO3S. The summed E-state index contributed by atoms with van der Waals surface area (Å²) in [6.07, 6.45) is 0. The van der Waals surface area contributed by atoms with Crippen molar-refractivity contribution in [2.45, 2.75) is 5.37 Å². The third kappa shape index (κ3) is 3.97. The normalized spacial score (nSPS) is 17.2. The number of nitrogens with zero attached hydrogens (tertiary/aromatic N) is 1. The zero-order valence-corrected chi connectivity index (χ0v) is 14.8. The molecule has 0 aromatic heterocycles. The van der Waals surface area contributed by atoms with E-state index in [1.54, 1.807) is 31.0 Å². The van der Waals surface area contributed by atoms with Crippen LogP contribution in [-0.2, 0) is 4.79 Å². The van der Waals surface area contributed by atoms with Crippen LogP contribution in [0.25, 0.3) is 0 Å². The van der Waals surface area contributed by atoms with E-state index in [0.29, 0.717) is 23.9 Å². The van der Waals surface area contributed by atoms with Crippen molar-refractivity contribution in [3.8, 4) is 11.5 Å². The lowest BCUT2D eigenvalue weighted by atomic mass is 10.2. The molecule has 1 aliphatic heterocycles. The molecule has 0 N–H and O–H groups in total. The highest BCUT2D eigenvalue weighted by molar-refractivity contribution is 8.00. The molecule has 1 atom stereocenters. The van der Waals surface area contributed by atoms with Crippen molar-refractivity contribution in [3.05, 3.63) is 59.1 Å². The summed E-state index contributed by atoms with van der Waals surface area (Å²) in [7, 11) is 1.64. The number of ether oxygens (including phenoxy) is 2. The first-order valence-corrected chi connectivity index (χ1v) is 9.03. The molecule has 0 spiro atoms. The third-order valence-electron chi connectivity index (χ3n) is 3.78. The maximum absolute atomic E-state index is 12.2. The predicted octanol–water partition coefficient (Wildman–Crippen LogP) is 4.00. The summed E-state index contributed by atoms with van der Waals surface area (Å²) < 4.78 is 10.9. The minimum Gasteiger partial charge on any atom is -0.497 e. The molecule has 1 heterocycles. The summed E-state index contributed by atoms with van der Waals surface area (Å²) in [5, 5.41) is 0.699. The van der Waals surface area contributed by atoms with Gasteiger partial charge in [0.05, 0.1) is 19.4 Å². The van der Waals surface area contributed by atoms with Gasteiger partial charge in [-0.15, -0.1) is 11.8 Å². The summed E-state index contributed by atoms with van der Waals surface area (Å²) in [5.74, 6) is 2.20. The average Bonchev–Trinajstić information content (AvgIpc) is 2.98. The minimum absolute atomic E-state index is 0.0252. The maximum Gasteiger partial charge on any atom is 0.233 e. The van der Waals surface area contributed by atoms with E-state index >= 15 is 0 Å². The van der Waals surface area contributed by atoms with Gasteiger partial charge in [0.2, 0.25) is 5.91 Å². The molecule has 126 valence electrons. The van der Waals surface area contributed by atoms with Gasteiger partial charge in [-0.25, -0.2) is 0 Å². The minimum atomic E-state index is 0.0252. The lowest BCUT2D eigenvalue weighted by Crippen LogP contribution is -2.32. The van der Waals surface area contributed by atoms with Crippen LogP contribution in [0.3, 0.4) is 0 Å². The second kappa shape index (κ2) is 7.81. The maximum atomic E-state index is 12.2. The number of benzene rings is 2. The number of rotatable bonds is 6. The van der Waals surface area contributed by atoms with E-state index in [2.05, 4.69) is 0 Å². The van der Waals surface area contributed by atoms with Gasteiger partial charge in [0.1, 0.15) is 23.5 Å². The Morgan fingerprint density at radius 1 is 1.12 bits per heavy atom. The zero-order chi connectivity index (χ0) is 16.9. The quantitative estimate of drug-likeness (QED) is 0.777. The molecule has 1 saturated heterocycles. The molecule has 2 aromatic carbocycles. The number of halogens is 1. The number of carbonyl (C=O) groups excluding carboxylic acids is 1. The average molecular weight is 364 g/mol. The Balaban J connectivity index is 1.61. The van der Waals surface area contributed by atoms with Crippen LogP contribution in [0.15, 0.2) is 48.5 Å². The molecule has 0 radical (unpaired) electrons. The molecule has 6 heteroatoms. The van der Waals surface area contributed by atoms with Crippen LogP contribution in [0, 0.1) is 0 Å². The summed E-state index contributed by atoms with van der Waals surface area (Å²) in [6.45, 7) is 0.992. The lowest BCUT2D eigenvalue weighted by Gasteiger charge is -2.24. The molecule has 1 amide bonds. The van der Waals surface area contributed by atoms with E-state index in [-0.39, 0.29) is 11.3 Å². The van der Waals surface area contributed by atoms with Gasteiger partial charge in [0, 0.05) is 5.02 Å². The van der Waals surface area contributed by atoms with Gasteiger partial charge in [-0.3, -0.25) is 4.79 Å². The molecule has 2 aromatic rings. The molecule has 0 bridgehead atoms. The van der Waals surface area contributed by atoms with Crippen LogP contribution < -0.4 is 9.47 Å². The van der Waals surface area contributed by atoms with Gasteiger partial charge in [-0.2, -0.15) is 0 Å². The van der Waals surface area contributed by atoms with Crippen molar-refractivity contribution in [3.63, 3.8) is 0 Å². The van der Waals surface area contributed by atoms with Gasteiger partial charge >= 0.3 is 0 Å². The second-order valence-electron chi connectivity index (χ2n) is 5.33. The highest BCUT2D eigenvalue weighted by atomic mass is 35.5. The first-order chi connectivity index (χ1) is 11.7. The Bertz CT molecular complexity index is 690. The second-order valence-corrected chi connectivity index (χ2v) is 6.83. The largest absolute Gasteiger partial charge is 0.497 e. The number of hydrogen-bond donors (Lipinski definition) is 0. The topological polar surface area (TPSA) is 38.8 Å². The standard InChI is InChI=1S/C18H18ClNO3S/c1-22-15-6-2-13(3-7-15)18-20(17(21)12-24-18)10-11-23-16-8-4-14(19)5-9-16/h2-9,18H,10-12H2,1H3/t18-/m1/s1. The molecule has 4 nitrogen and oxygen atoms in total. The van der Waals surface area contributed by atoms with Gasteiger partial charge in [-0.1, -0.05) is 23.7 Å². The third-order valence-corrected chi connectivity index (χ3v) is 5.29. The molecular weight excluding hydrogens is 346 g/mol. The van der Waals surface area contributed by atoms with Crippen molar-refractivity contribution in [1.82, 2.24) is 4.90 Å². The van der Waals surface area contributed by atoms with Crippen molar-refractivity contribution in [2.75, 3.05) is 26.0 Å². The molecule has 1 fully saturated rings. The summed E-state index contributed by atoms with van der Waals surface area (Å²) in [6, 6.07) is 15.1. The van der Waals surface area contributed by atoms with Crippen LogP contribution in [0.4, 0.5) is 0 Å². The first kappa shape index (κ1) is 17.0. The highest BCUT2D eigenvalue weighted by Gasteiger charge is 2.32. The smallest absolute Gasteiger partial charge is 0.233 e. The van der Waals surface area contributed by atoms with Crippen molar-refractivity contribution in [2.24, 2.45) is 0 Å². The fourth-order valence-electron chi connectivity index (χ4n) is 2.53. The SMILES string of the molecule is COc1ccc([C@H]2SCC(=O)N2CCOc2ccc(Cl)cc2)cc1. The van der Waals surface area contributed by atoms with Crippen LogP contribution in [0.5, 0.6) is 11.5 Å². The Labute approximate surface area is 150 Å². The molecule has 0 unspecified atom stereocenters. The Morgan fingerprint density at radius 2 is 1.79 bits per heavy atom. The van der Waals surface area contributed by atoms with E-state index < -0.39 is 0 Å². The number of hydrogen-bond acceptors (Lipinski definition) is 4. The summed E-state index contributed by atoms with van der Waals surface area (Å²) >= 11 is 7.49. The van der Waals surface area contributed by atoms with Crippen LogP contribution >= 0.6 is 23.4 Å². The zero-order valence-electron chi connectivity index (χ0n) is 13.3.